The third-order valence-electron chi connectivity index (χ3n) is 5.25. The van der Waals surface area contributed by atoms with Crippen LogP contribution in [0.3, 0.4) is 0 Å². The summed E-state index contributed by atoms with van der Waals surface area (Å²) < 4.78 is 2.47. The van der Waals surface area contributed by atoms with Crippen LogP contribution in [0.1, 0.15) is 27.7 Å². The first-order chi connectivity index (χ1) is 7.49. The summed E-state index contributed by atoms with van der Waals surface area (Å²) in [5, 5.41) is 1.35. The van der Waals surface area contributed by atoms with E-state index in [1.807, 2.05) is 0 Å². The predicted molar refractivity (Wildman–Crippen MR) is 68.5 cm³/mol. The van der Waals surface area contributed by atoms with E-state index in [2.05, 4.69) is 68.8 Å². The molecule has 1 heterocycles. The summed E-state index contributed by atoms with van der Waals surface area (Å²) in [5.74, 6) is 0.732. The molecule has 84 valence electrons. The Balaban J connectivity index is 2.22. The summed E-state index contributed by atoms with van der Waals surface area (Å²) in [7, 11) is 0. The molecular formula is C15H19N. The minimum Gasteiger partial charge on any atom is -0.341 e. The molecule has 3 rings (SSSR count). The standard InChI is InChI=1S/C15H19N/c1-11-14(2,3)15(11,4)16-10-9-12-7-5-6-8-13(12)16/h5-11H,1-4H3. The molecule has 0 saturated heterocycles. The molecule has 1 aliphatic rings. The molecule has 1 aliphatic carbocycles. The molecule has 2 aromatic rings. The van der Waals surface area contributed by atoms with Gasteiger partial charge in [-0.25, -0.2) is 0 Å². The number of benzene rings is 1. The van der Waals surface area contributed by atoms with E-state index >= 15 is 0 Å². The maximum Gasteiger partial charge on any atom is 0.0503 e. The van der Waals surface area contributed by atoms with Crippen LogP contribution in [0.4, 0.5) is 0 Å². The summed E-state index contributed by atoms with van der Waals surface area (Å²) in [5.41, 5.74) is 2.03. The lowest BCUT2D eigenvalue weighted by atomic mass is 10.1. The van der Waals surface area contributed by atoms with E-state index in [0.29, 0.717) is 5.41 Å². The first-order valence-electron chi connectivity index (χ1n) is 6.06. The lowest BCUT2D eigenvalue weighted by Gasteiger charge is -2.19. The molecular weight excluding hydrogens is 194 g/mol. The molecule has 2 atom stereocenters. The molecule has 0 aliphatic heterocycles. The van der Waals surface area contributed by atoms with Crippen molar-refractivity contribution in [3.05, 3.63) is 36.5 Å². The fraction of sp³-hybridized carbons (Fsp3) is 0.467. The Kier molecular flexibility index (Phi) is 1.68. The monoisotopic (exact) mass is 213 g/mol. The van der Waals surface area contributed by atoms with Gasteiger partial charge in [-0.3, -0.25) is 0 Å². The molecule has 16 heavy (non-hydrogen) atoms. The van der Waals surface area contributed by atoms with Crippen molar-refractivity contribution in [3.8, 4) is 0 Å². The Bertz CT molecular complexity index is 549. The van der Waals surface area contributed by atoms with Crippen molar-refractivity contribution in [2.75, 3.05) is 0 Å². The second kappa shape index (κ2) is 2.71. The highest BCUT2D eigenvalue weighted by Gasteiger charge is 2.66. The van der Waals surface area contributed by atoms with Crippen LogP contribution in [0.25, 0.3) is 10.9 Å². The highest BCUT2D eigenvalue weighted by atomic mass is 15.1. The van der Waals surface area contributed by atoms with Crippen molar-refractivity contribution in [3.63, 3.8) is 0 Å². The summed E-state index contributed by atoms with van der Waals surface area (Å²) in [6.45, 7) is 9.47. The van der Waals surface area contributed by atoms with Crippen LogP contribution in [0, 0.1) is 11.3 Å². The predicted octanol–water partition coefficient (Wildman–Crippen LogP) is 4.03. The minimum absolute atomic E-state index is 0.274. The highest BCUT2D eigenvalue weighted by molar-refractivity contribution is 5.80. The average molecular weight is 213 g/mol. The third-order valence-corrected chi connectivity index (χ3v) is 5.25. The van der Waals surface area contributed by atoms with Gasteiger partial charge in [0.15, 0.2) is 0 Å². The number of nitrogens with zero attached hydrogens (tertiary/aromatic N) is 1. The molecule has 0 bridgehead atoms. The van der Waals surface area contributed by atoms with Gasteiger partial charge in [0.1, 0.15) is 0 Å². The van der Waals surface area contributed by atoms with Crippen LogP contribution in [0.2, 0.25) is 0 Å². The Morgan fingerprint density at radius 1 is 1.06 bits per heavy atom. The maximum atomic E-state index is 2.47. The van der Waals surface area contributed by atoms with Gasteiger partial charge in [0.2, 0.25) is 0 Å². The van der Waals surface area contributed by atoms with Crippen LogP contribution in [-0.2, 0) is 5.54 Å². The van der Waals surface area contributed by atoms with Crippen molar-refractivity contribution in [1.29, 1.82) is 0 Å². The zero-order valence-electron chi connectivity index (χ0n) is 10.5. The fourth-order valence-corrected chi connectivity index (χ4v) is 3.25. The molecule has 0 N–H and O–H groups in total. The van der Waals surface area contributed by atoms with Crippen LogP contribution in [0.5, 0.6) is 0 Å². The zero-order valence-corrected chi connectivity index (χ0v) is 10.5. The molecule has 1 saturated carbocycles. The second-order valence-electron chi connectivity index (χ2n) is 5.84. The van der Waals surface area contributed by atoms with Gasteiger partial charge in [0, 0.05) is 11.7 Å². The number of hydrogen-bond donors (Lipinski definition) is 0. The van der Waals surface area contributed by atoms with Crippen LogP contribution in [-0.4, -0.2) is 4.57 Å². The SMILES string of the molecule is CC1C(C)(C)C1(C)n1ccc2ccccc21. The van der Waals surface area contributed by atoms with Gasteiger partial charge in [-0.2, -0.15) is 0 Å². The highest BCUT2D eigenvalue weighted by Crippen LogP contribution is 2.66. The molecule has 1 heteroatoms. The van der Waals surface area contributed by atoms with E-state index < -0.39 is 0 Å². The Hall–Kier alpha value is -1.24. The lowest BCUT2D eigenvalue weighted by molar-refractivity contribution is 0.415. The normalized spacial score (nSPS) is 31.9. The summed E-state index contributed by atoms with van der Waals surface area (Å²) in [6.07, 6.45) is 2.25. The average Bonchev–Trinajstić information content (AvgIpc) is 2.67. The third kappa shape index (κ3) is 0.922. The first-order valence-corrected chi connectivity index (χ1v) is 6.06. The zero-order chi connectivity index (χ0) is 11.6. The Morgan fingerprint density at radius 2 is 1.69 bits per heavy atom. The largest absolute Gasteiger partial charge is 0.341 e. The van der Waals surface area contributed by atoms with E-state index in [4.69, 9.17) is 0 Å². The molecule has 1 aromatic heterocycles. The van der Waals surface area contributed by atoms with E-state index in [9.17, 15) is 0 Å². The smallest absolute Gasteiger partial charge is 0.0503 e. The number of aromatic nitrogens is 1. The van der Waals surface area contributed by atoms with Crippen LogP contribution in [0.15, 0.2) is 36.5 Å². The van der Waals surface area contributed by atoms with Gasteiger partial charge in [-0.1, -0.05) is 39.0 Å². The second-order valence-corrected chi connectivity index (χ2v) is 5.84. The molecule has 2 unspecified atom stereocenters. The summed E-state index contributed by atoms with van der Waals surface area (Å²) >= 11 is 0. The van der Waals surface area contributed by atoms with Gasteiger partial charge >= 0.3 is 0 Å². The van der Waals surface area contributed by atoms with Crippen molar-refractivity contribution >= 4 is 10.9 Å². The molecule has 0 spiro atoms. The van der Waals surface area contributed by atoms with Crippen molar-refractivity contribution < 1.29 is 0 Å². The Labute approximate surface area is 97.1 Å². The fourth-order valence-electron chi connectivity index (χ4n) is 3.25. The molecule has 1 nitrogen and oxygen atoms in total. The van der Waals surface area contributed by atoms with Gasteiger partial charge in [0.25, 0.3) is 0 Å². The van der Waals surface area contributed by atoms with Gasteiger partial charge in [-0.05, 0) is 35.8 Å². The van der Waals surface area contributed by atoms with Crippen molar-refractivity contribution in [1.82, 2.24) is 4.57 Å². The molecule has 1 aromatic carbocycles. The number of rotatable bonds is 1. The molecule has 0 radical (unpaired) electrons. The Morgan fingerprint density at radius 3 is 2.31 bits per heavy atom. The maximum absolute atomic E-state index is 2.47. The molecule has 0 amide bonds. The van der Waals surface area contributed by atoms with Crippen LogP contribution >= 0.6 is 0 Å². The van der Waals surface area contributed by atoms with Crippen molar-refractivity contribution in [2.24, 2.45) is 11.3 Å². The van der Waals surface area contributed by atoms with Crippen molar-refractivity contribution in [2.45, 2.75) is 33.2 Å². The quantitative estimate of drug-likeness (QED) is 0.674. The van der Waals surface area contributed by atoms with Gasteiger partial charge < -0.3 is 4.57 Å². The number of fused-ring (bicyclic) bond motifs is 1. The van der Waals surface area contributed by atoms with E-state index in [1.165, 1.54) is 10.9 Å². The minimum atomic E-state index is 0.274. The van der Waals surface area contributed by atoms with Gasteiger partial charge in [0.05, 0.1) is 5.54 Å². The summed E-state index contributed by atoms with van der Waals surface area (Å²) in [6, 6.07) is 10.9. The van der Waals surface area contributed by atoms with E-state index in [-0.39, 0.29) is 5.54 Å². The van der Waals surface area contributed by atoms with Crippen LogP contribution < -0.4 is 0 Å². The van der Waals surface area contributed by atoms with E-state index in [0.717, 1.165) is 5.92 Å². The first kappa shape index (κ1) is 9.95. The topological polar surface area (TPSA) is 4.93 Å². The number of hydrogen-bond acceptors (Lipinski definition) is 0. The number of para-hydroxylation sites is 1. The summed E-state index contributed by atoms with van der Waals surface area (Å²) in [4.78, 5) is 0. The van der Waals surface area contributed by atoms with Gasteiger partial charge in [-0.15, -0.1) is 0 Å². The molecule has 1 fully saturated rings. The lowest BCUT2D eigenvalue weighted by Crippen LogP contribution is -2.18. The van der Waals surface area contributed by atoms with E-state index in [1.54, 1.807) is 0 Å².